The van der Waals surface area contributed by atoms with Gasteiger partial charge in [0.2, 0.25) is 0 Å². The number of hydrogen-bond donors (Lipinski definition) is 2. The number of phenolic OH excluding ortho intramolecular Hbond substituents is 1. The van der Waals surface area contributed by atoms with Gasteiger partial charge in [-0.2, -0.15) is 0 Å². The maximum absolute atomic E-state index is 9.87. The van der Waals surface area contributed by atoms with E-state index in [0.29, 0.717) is 17.9 Å². The Morgan fingerprint density at radius 1 is 1.25 bits per heavy atom. The number of imidazole rings is 1. The molecule has 7 heteroatoms. The van der Waals surface area contributed by atoms with Gasteiger partial charge >= 0.3 is 0 Å². The van der Waals surface area contributed by atoms with Crippen molar-refractivity contribution in [1.82, 2.24) is 19.5 Å². The van der Waals surface area contributed by atoms with E-state index in [1.165, 1.54) is 6.33 Å². The molecule has 124 valence electrons. The van der Waals surface area contributed by atoms with Gasteiger partial charge in [-0.05, 0) is 25.8 Å². The lowest BCUT2D eigenvalue weighted by atomic mass is 10.2. The Morgan fingerprint density at radius 2 is 2.12 bits per heavy atom. The lowest BCUT2D eigenvalue weighted by Gasteiger charge is -2.13. The number of anilines is 1. The summed E-state index contributed by atoms with van der Waals surface area (Å²) in [5.41, 5.74) is 2.26. The third-order valence-corrected chi connectivity index (χ3v) is 4.32. The van der Waals surface area contributed by atoms with Crippen molar-refractivity contribution in [3.05, 3.63) is 42.5 Å². The van der Waals surface area contributed by atoms with Crippen molar-refractivity contribution in [3.8, 4) is 5.75 Å². The molecule has 2 N–H and O–H groups in total. The highest BCUT2D eigenvalue weighted by atomic mass is 16.5. The first kappa shape index (κ1) is 14.9. The molecule has 1 aliphatic rings. The van der Waals surface area contributed by atoms with E-state index in [2.05, 4.69) is 27.2 Å². The van der Waals surface area contributed by atoms with Crippen LogP contribution in [0.1, 0.15) is 31.6 Å². The quantitative estimate of drug-likeness (QED) is 0.767. The maximum atomic E-state index is 9.87. The number of aromatic nitrogens is 4. The van der Waals surface area contributed by atoms with Gasteiger partial charge in [0.25, 0.3) is 0 Å². The molecule has 0 aliphatic carbocycles. The number of ether oxygens (including phenoxy) is 1. The van der Waals surface area contributed by atoms with Crippen LogP contribution in [0.5, 0.6) is 5.75 Å². The first-order valence-corrected chi connectivity index (χ1v) is 8.06. The summed E-state index contributed by atoms with van der Waals surface area (Å²) < 4.78 is 7.87. The molecule has 0 radical (unpaired) electrons. The fourth-order valence-corrected chi connectivity index (χ4v) is 3.02. The fourth-order valence-electron chi connectivity index (χ4n) is 3.02. The van der Waals surface area contributed by atoms with Crippen LogP contribution >= 0.6 is 0 Å². The zero-order valence-corrected chi connectivity index (χ0v) is 13.4. The number of para-hydroxylation sites is 1. The second-order valence-electron chi connectivity index (χ2n) is 6.01. The topological polar surface area (TPSA) is 85.1 Å². The van der Waals surface area contributed by atoms with Crippen LogP contribution in [0.4, 0.5) is 5.82 Å². The Kier molecular flexibility index (Phi) is 3.78. The van der Waals surface area contributed by atoms with E-state index < -0.39 is 0 Å². The van der Waals surface area contributed by atoms with Crippen LogP contribution in [0, 0.1) is 0 Å². The molecular weight excluding hydrogens is 306 g/mol. The lowest BCUT2D eigenvalue weighted by Crippen LogP contribution is -2.09. The number of phenols is 1. The van der Waals surface area contributed by atoms with Gasteiger partial charge in [0.15, 0.2) is 17.0 Å². The molecule has 2 atom stereocenters. The van der Waals surface area contributed by atoms with Gasteiger partial charge in [0.05, 0.1) is 12.4 Å². The Morgan fingerprint density at radius 3 is 2.92 bits per heavy atom. The number of nitrogens with one attached hydrogen (secondary N) is 1. The second-order valence-corrected chi connectivity index (χ2v) is 6.01. The predicted molar refractivity (Wildman–Crippen MR) is 89.6 cm³/mol. The number of fused-ring (bicyclic) bond motifs is 1. The molecule has 0 bridgehead atoms. The Bertz CT molecular complexity index is 863. The van der Waals surface area contributed by atoms with Crippen LogP contribution in [0.15, 0.2) is 36.9 Å². The van der Waals surface area contributed by atoms with E-state index in [0.717, 1.165) is 24.1 Å². The van der Waals surface area contributed by atoms with Crippen LogP contribution in [0.25, 0.3) is 11.2 Å². The molecule has 24 heavy (non-hydrogen) atoms. The standard InChI is InChI=1S/C17H19N5O2/c1-11-6-7-14(24-11)22-10-21-15-16(19-9-20-17(15)22)18-8-12-4-2-3-5-13(12)23/h2-5,9-11,14,23H,6-8H2,1H3,(H,18,19,20). The second kappa shape index (κ2) is 6.09. The van der Waals surface area contributed by atoms with Crippen LogP contribution < -0.4 is 5.32 Å². The molecule has 3 aromatic rings. The molecule has 1 saturated heterocycles. The first-order chi connectivity index (χ1) is 11.7. The zero-order chi connectivity index (χ0) is 16.5. The van der Waals surface area contributed by atoms with Crippen molar-refractivity contribution < 1.29 is 9.84 Å². The van der Waals surface area contributed by atoms with Gasteiger partial charge in [-0.25, -0.2) is 15.0 Å². The monoisotopic (exact) mass is 325 g/mol. The molecule has 1 aliphatic heterocycles. The molecule has 0 amide bonds. The summed E-state index contributed by atoms with van der Waals surface area (Å²) in [6.45, 7) is 2.54. The minimum absolute atomic E-state index is 0.0223. The number of rotatable bonds is 4. The van der Waals surface area contributed by atoms with Crippen molar-refractivity contribution in [2.75, 3.05) is 5.32 Å². The summed E-state index contributed by atoms with van der Waals surface area (Å²) in [4.78, 5) is 13.1. The maximum Gasteiger partial charge on any atom is 0.167 e. The third kappa shape index (κ3) is 2.67. The summed E-state index contributed by atoms with van der Waals surface area (Å²) in [6, 6.07) is 7.22. The lowest BCUT2D eigenvalue weighted by molar-refractivity contribution is 0.0131. The van der Waals surface area contributed by atoms with Crippen molar-refractivity contribution in [3.63, 3.8) is 0 Å². The molecule has 1 fully saturated rings. The Hall–Kier alpha value is -2.67. The molecular formula is C17H19N5O2. The fraction of sp³-hybridized carbons (Fsp3) is 0.353. The van der Waals surface area contributed by atoms with E-state index in [9.17, 15) is 5.11 Å². The van der Waals surface area contributed by atoms with Crippen LogP contribution in [0.2, 0.25) is 0 Å². The summed E-state index contributed by atoms with van der Waals surface area (Å²) >= 11 is 0. The highest BCUT2D eigenvalue weighted by Gasteiger charge is 2.25. The zero-order valence-electron chi connectivity index (χ0n) is 13.4. The van der Waals surface area contributed by atoms with Gasteiger partial charge in [-0.3, -0.25) is 4.57 Å². The average molecular weight is 325 g/mol. The van der Waals surface area contributed by atoms with Crippen LogP contribution in [0.3, 0.4) is 0 Å². The minimum atomic E-state index is -0.0223. The van der Waals surface area contributed by atoms with Crippen molar-refractivity contribution in [2.45, 2.75) is 38.6 Å². The molecule has 7 nitrogen and oxygen atoms in total. The summed E-state index contributed by atoms with van der Waals surface area (Å²) in [5.74, 6) is 0.905. The highest BCUT2D eigenvalue weighted by Crippen LogP contribution is 2.31. The average Bonchev–Trinajstić information content (AvgIpc) is 3.20. The summed E-state index contributed by atoms with van der Waals surface area (Å²) in [5, 5.41) is 13.1. The van der Waals surface area contributed by atoms with E-state index in [1.807, 2.05) is 16.7 Å². The number of hydrogen-bond acceptors (Lipinski definition) is 6. The van der Waals surface area contributed by atoms with Gasteiger partial charge in [-0.15, -0.1) is 0 Å². The third-order valence-electron chi connectivity index (χ3n) is 4.32. The highest BCUT2D eigenvalue weighted by molar-refractivity contribution is 5.82. The molecule has 3 heterocycles. The summed E-state index contributed by atoms with van der Waals surface area (Å²) in [7, 11) is 0. The Balaban J connectivity index is 1.60. The van der Waals surface area contributed by atoms with Crippen molar-refractivity contribution in [1.29, 1.82) is 0 Å². The van der Waals surface area contributed by atoms with Gasteiger partial charge in [0.1, 0.15) is 18.3 Å². The molecule has 0 spiro atoms. The molecule has 2 unspecified atom stereocenters. The van der Waals surface area contributed by atoms with E-state index in [4.69, 9.17) is 4.74 Å². The first-order valence-electron chi connectivity index (χ1n) is 8.06. The summed E-state index contributed by atoms with van der Waals surface area (Å²) in [6.07, 6.45) is 5.50. The largest absolute Gasteiger partial charge is 0.508 e. The van der Waals surface area contributed by atoms with Gasteiger partial charge in [-0.1, -0.05) is 18.2 Å². The van der Waals surface area contributed by atoms with Crippen molar-refractivity contribution in [2.24, 2.45) is 0 Å². The van der Waals surface area contributed by atoms with E-state index in [1.54, 1.807) is 18.5 Å². The minimum Gasteiger partial charge on any atom is -0.508 e. The molecule has 4 rings (SSSR count). The molecule has 2 aromatic heterocycles. The van der Waals surface area contributed by atoms with E-state index >= 15 is 0 Å². The SMILES string of the molecule is CC1CCC(n2cnc3c(NCc4ccccc4O)ncnc32)O1. The van der Waals surface area contributed by atoms with Crippen LogP contribution in [-0.2, 0) is 11.3 Å². The molecule has 0 saturated carbocycles. The predicted octanol–water partition coefficient (Wildman–Crippen LogP) is 2.84. The van der Waals surface area contributed by atoms with E-state index in [-0.39, 0.29) is 18.1 Å². The van der Waals surface area contributed by atoms with Gasteiger partial charge < -0.3 is 15.2 Å². The smallest absolute Gasteiger partial charge is 0.167 e. The number of nitrogens with zero attached hydrogens (tertiary/aromatic N) is 4. The van der Waals surface area contributed by atoms with Crippen molar-refractivity contribution >= 4 is 17.0 Å². The Labute approximate surface area is 139 Å². The van der Waals surface area contributed by atoms with Gasteiger partial charge in [0, 0.05) is 12.1 Å². The number of aromatic hydroxyl groups is 1. The molecule has 1 aromatic carbocycles. The van der Waals surface area contributed by atoms with Crippen LogP contribution in [-0.4, -0.2) is 30.7 Å². The normalized spacial score (nSPS) is 20.5. The number of benzene rings is 1.